The first kappa shape index (κ1) is 12.9. The van der Waals surface area contributed by atoms with E-state index >= 15 is 0 Å². The van der Waals surface area contributed by atoms with Crippen LogP contribution in [0.5, 0.6) is 0 Å². The van der Waals surface area contributed by atoms with Crippen LogP contribution in [-0.4, -0.2) is 16.6 Å². The van der Waals surface area contributed by atoms with Crippen molar-refractivity contribution in [2.75, 3.05) is 12.4 Å². The molecule has 102 valence electrons. The molecule has 1 aromatic heterocycles. The van der Waals surface area contributed by atoms with Crippen molar-refractivity contribution in [1.82, 2.24) is 9.55 Å². The van der Waals surface area contributed by atoms with Gasteiger partial charge in [0.25, 0.3) is 0 Å². The van der Waals surface area contributed by atoms with Crippen LogP contribution in [0.25, 0.3) is 16.6 Å². The molecule has 0 radical (unpaired) electrons. The van der Waals surface area contributed by atoms with Gasteiger partial charge in [-0.05, 0) is 30.3 Å². The molecule has 0 unspecified atom stereocenters. The molecule has 0 bridgehead atoms. The molecule has 0 saturated heterocycles. The molecule has 2 aromatic carbocycles. The Labute approximate surface area is 121 Å². The SMILES string of the molecule is CNc1nc(=O)n(-c2ccccc2)c2cc(C#N)ccc12. The Hall–Kier alpha value is -3.13. The number of anilines is 1. The van der Waals surface area contributed by atoms with Gasteiger partial charge in [-0.3, -0.25) is 4.57 Å². The minimum atomic E-state index is -0.381. The number of nitrogens with zero attached hydrogens (tertiary/aromatic N) is 3. The Morgan fingerprint density at radius 3 is 2.62 bits per heavy atom. The van der Waals surface area contributed by atoms with Gasteiger partial charge in [0.15, 0.2) is 0 Å². The summed E-state index contributed by atoms with van der Waals surface area (Å²) in [7, 11) is 1.71. The minimum absolute atomic E-state index is 0.381. The van der Waals surface area contributed by atoms with E-state index < -0.39 is 0 Å². The first-order chi connectivity index (χ1) is 10.2. The fourth-order valence-electron chi connectivity index (χ4n) is 2.31. The number of fused-ring (bicyclic) bond motifs is 1. The molecule has 0 amide bonds. The van der Waals surface area contributed by atoms with Crippen LogP contribution >= 0.6 is 0 Å². The van der Waals surface area contributed by atoms with E-state index in [9.17, 15) is 4.79 Å². The van der Waals surface area contributed by atoms with E-state index in [4.69, 9.17) is 5.26 Å². The summed E-state index contributed by atoms with van der Waals surface area (Å²) in [5, 5.41) is 12.8. The molecular weight excluding hydrogens is 264 g/mol. The lowest BCUT2D eigenvalue weighted by atomic mass is 10.1. The van der Waals surface area contributed by atoms with Gasteiger partial charge < -0.3 is 5.32 Å². The second-order valence-electron chi connectivity index (χ2n) is 4.51. The fraction of sp³-hybridized carbons (Fsp3) is 0.0625. The van der Waals surface area contributed by atoms with Crippen molar-refractivity contribution in [3.05, 3.63) is 64.6 Å². The van der Waals surface area contributed by atoms with Gasteiger partial charge in [-0.15, -0.1) is 0 Å². The van der Waals surface area contributed by atoms with Crippen molar-refractivity contribution in [2.24, 2.45) is 0 Å². The number of rotatable bonds is 2. The van der Waals surface area contributed by atoms with E-state index in [0.29, 0.717) is 16.9 Å². The highest BCUT2D eigenvalue weighted by molar-refractivity contribution is 5.91. The summed E-state index contributed by atoms with van der Waals surface area (Å²) in [5.41, 5.74) is 1.50. The standard InChI is InChI=1S/C16H12N4O/c1-18-15-13-8-7-11(10-17)9-14(13)20(16(21)19-15)12-5-3-2-4-6-12/h2-9H,1H3,(H,18,19,21). The number of aromatic nitrogens is 2. The van der Waals surface area contributed by atoms with Crippen LogP contribution in [0.2, 0.25) is 0 Å². The summed E-state index contributed by atoms with van der Waals surface area (Å²) in [6.07, 6.45) is 0. The second kappa shape index (κ2) is 5.10. The van der Waals surface area contributed by atoms with E-state index in [1.165, 1.54) is 4.57 Å². The van der Waals surface area contributed by atoms with Gasteiger partial charge in [0.1, 0.15) is 5.82 Å². The molecule has 3 rings (SSSR count). The minimum Gasteiger partial charge on any atom is -0.372 e. The summed E-state index contributed by atoms with van der Waals surface area (Å²) in [4.78, 5) is 16.4. The molecule has 0 aliphatic rings. The van der Waals surface area contributed by atoms with Crippen molar-refractivity contribution in [1.29, 1.82) is 5.26 Å². The predicted molar refractivity (Wildman–Crippen MR) is 81.6 cm³/mol. The van der Waals surface area contributed by atoms with Gasteiger partial charge in [0, 0.05) is 12.4 Å². The smallest absolute Gasteiger partial charge is 0.354 e. The third-order valence-electron chi connectivity index (χ3n) is 3.27. The Kier molecular flexibility index (Phi) is 3.13. The van der Waals surface area contributed by atoms with Crippen LogP contribution in [0.4, 0.5) is 5.82 Å². The topological polar surface area (TPSA) is 70.7 Å². The molecular formula is C16H12N4O. The van der Waals surface area contributed by atoms with Crippen molar-refractivity contribution in [2.45, 2.75) is 0 Å². The molecule has 1 N–H and O–H groups in total. The molecule has 21 heavy (non-hydrogen) atoms. The van der Waals surface area contributed by atoms with Gasteiger partial charge in [-0.1, -0.05) is 18.2 Å². The van der Waals surface area contributed by atoms with Crippen LogP contribution in [0.15, 0.2) is 53.3 Å². The maximum Gasteiger partial charge on any atom is 0.354 e. The van der Waals surface area contributed by atoms with E-state index in [1.807, 2.05) is 30.3 Å². The lowest BCUT2D eigenvalue weighted by Crippen LogP contribution is -2.23. The van der Waals surface area contributed by atoms with Crippen LogP contribution < -0.4 is 11.0 Å². The zero-order chi connectivity index (χ0) is 14.8. The van der Waals surface area contributed by atoms with Crippen LogP contribution in [0.3, 0.4) is 0 Å². The van der Waals surface area contributed by atoms with Gasteiger partial charge in [0.05, 0.1) is 22.8 Å². The monoisotopic (exact) mass is 276 g/mol. The van der Waals surface area contributed by atoms with Crippen LogP contribution in [0.1, 0.15) is 5.56 Å². The van der Waals surface area contributed by atoms with Crippen LogP contribution in [-0.2, 0) is 0 Å². The first-order valence-electron chi connectivity index (χ1n) is 6.44. The molecule has 5 nitrogen and oxygen atoms in total. The number of hydrogen-bond acceptors (Lipinski definition) is 4. The number of nitriles is 1. The number of hydrogen-bond donors (Lipinski definition) is 1. The molecule has 0 fully saturated rings. The van der Waals surface area contributed by atoms with E-state index in [0.717, 1.165) is 11.1 Å². The quantitative estimate of drug-likeness (QED) is 0.779. The summed E-state index contributed by atoms with van der Waals surface area (Å²) in [6, 6.07) is 16.6. The predicted octanol–water partition coefficient (Wildman–Crippen LogP) is 2.30. The maximum atomic E-state index is 12.3. The molecule has 0 saturated carbocycles. The van der Waals surface area contributed by atoms with Crippen molar-refractivity contribution in [3.63, 3.8) is 0 Å². The third kappa shape index (κ3) is 2.13. The molecule has 5 heteroatoms. The highest BCUT2D eigenvalue weighted by Gasteiger charge is 2.11. The maximum absolute atomic E-state index is 12.3. The fourth-order valence-corrected chi connectivity index (χ4v) is 2.31. The molecule has 0 aliphatic carbocycles. The summed E-state index contributed by atoms with van der Waals surface area (Å²) in [6.45, 7) is 0. The molecule has 0 aliphatic heterocycles. The molecule has 0 spiro atoms. The third-order valence-corrected chi connectivity index (χ3v) is 3.27. The summed E-state index contributed by atoms with van der Waals surface area (Å²) >= 11 is 0. The normalized spacial score (nSPS) is 10.3. The lowest BCUT2D eigenvalue weighted by molar-refractivity contribution is 0.961. The zero-order valence-electron chi connectivity index (χ0n) is 11.4. The molecule has 3 aromatic rings. The van der Waals surface area contributed by atoms with E-state index in [1.54, 1.807) is 25.2 Å². The highest BCUT2D eigenvalue weighted by atomic mass is 16.1. The van der Waals surface area contributed by atoms with Gasteiger partial charge in [0.2, 0.25) is 0 Å². The largest absolute Gasteiger partial charge is 0.372 e. The highest BCUT2D eigenvalue weighted by Crippen LogP contribution is 2.22. The van der Waals surface area contributed by atoms with Gasteiger partial charge in [-0.2, -0.15) is 10.2 Å². The number of benzene rings is 2. The van der Waals surface area contributed by atoms with E-state index in [-0.39, 0.29) is 5.69 Å². The summed E-state index contributed by atoms with van der Waals surface area (Å²) < 4.78 is 1.51. The summed E-state index contributed by atoms with van der Waals surface area (Å²) in [5.74, 6) is 0.506. The Morgan fingerprint density at radius 1 is 1.19 bits per heavy atom. The first-order valence-corrected chi connectivity index (χ1v) is 6.44. The number of para-hydroxylation sites is 1. The zero-order valence-corrected chi connectivity index (χ0v) is 11.4. The number of nitrogens with one attached hydrogen (secondary N) is 1. The average Bonchev–Trinajstić information content (AvgIpc) is 2.54. The Bertz CT molecular complexity index is 907. The van der Waals surface area contributed by atoms with Crippen molar-refractivity contribution < 1.29 is 0 Å². The average molecular weight is 276 g/mol. The molecule has 0 atom stereocenters. The molecule has 1 heterocycles. The van der Waals surface area contributed by atoms with Gasteiger partial charge in [-0.25, -0.2) is 4.79 Å². The lowest BCUT2D eigenvalue weighted by Gasteiger charge is -2.12. The van der Waals surface area contributed by atoms with Crippen molar-refractivity contribution in [3.8, 4) is 11.8 Å². The Balaban J connectivity index is 2.46. The van der Waals surface area contributed by atoms with Gasteiger partial charge >= 0.3 is 5.69 Å². The second-order valence-corrected chi connectivity index (χ2v) is 4.51. The Morgan fingerprint density at radius 2 is 1.95 bits per heavy atom. The van der Waals surface area contributed by atoms with Crippen molar-refractivity contribution >= 4 is 16.7 Å². The van der Waals surface area contributed by atoms with Crippen LogP contribution in [0, 0.1) is 11.3 Å². The van der Waals surface area contributed by atoms with E-state index in [2.05, 4.69) is 16.4 Å².